The summed E-state index contributed by atoms with van der Waals surface area (Å²) in [5.41, 5.74) is 1.96. The molecule has 0 heterocycles. The lowest BCUT2D eigenvalue weighted by atomic mass is 9.95. The molecular weight excluding hydrogens is 314 g/mol. The number of hydrogen-bond acceptors (Lipinski definition) is 1. The highest BCUT2D eigenvalue weighted by Crippen LogP contribution is 2.29. The molecule has 0 saturated carbocycles. The predicted octanol–water partition coefficient (Wildman–Crippen LogP) is 4.61. The second-order valence-corrected chi connectivity index (χ2v) is 5.57. The van der Waals surface area contributed by atoms with Crippen LogP contribution < -0.4 is 4.90 Å². The predicted molar refractivity (Wildman–Crippen MR) is 87.0 cm³/mol. The zero-order valence-corrected chi connectivity index (χ0v) is 13.3. The number of benzene rings is 2. The minimum atomic E-state index is -0.103. The summed E-state index contributed by atoms with van der Waals surface area (Å²) in [7, 11) is 1.83. The molecule has 0 spiro atoms. The summed E-state index contributed by atoms with van der Waals surface area (Å²) in [6.45, 7) is 2.05. The van der Waals surface area contributed by atoms with Crippen LogP contribution in [0.4, 0.5) is 5.69 Å². The fourth-order valence-electron chi connectivity index (χ4n) is 2.31. The van der Waals surface area contributed by atoms with E-state index in [0.29, 0.717) is 0 Å². The SMILES string of the molecule is CCC(C(=O)N(C)c1ccccc1Br)c1ccccc1. The second-order valence-electron chi connectivity index (χ2n) is 4.72. The van der Waals surface area contributed by atoms with E-state index in [1.165, 1.54) is 0 Å². The molecule has 0 aliphatic carbocycles. The number of hydrogen-bond donors (Lipinski definition) is 0. The van der Waals surface area contributed by atoms with Crippen LogP contribution in [0, 0.1) is 0 Å². The Morgan fingerprint density at radius 1 is 1.10 bits per heavy atom. The molecule has 1 amide bonds. The fourth-order valence-corrected chi connectivity index (χ4v) is 2.87. The molecule has 2 nitrogen and oxygen atoms in total. The van der Waals surface area contributed by atoms with Crippen molar-refractivity contribution in [2.24, 2.45) is 0 Å². The van der Waals surface area contributed by atoms with E-state index in [-0.39, 0.29) is 11.8 Å². The second kappa shape index (κ2) is 6.71. The Labute approximate surface area is 128 Å². The zero-order valence-electron chi connectivity index (χ0n) is 11.7. The molecule has 0 radical (unpaired) electrons. The summed E-state index contributed by atoms with van der Waals surface area (Å²) < 4.78 is 0.929. The van der Waals surface area contributed by atoms with Gasteiger partial charge in [-0.15, -0.1) is 0 Å². The number of anilines is 1. The Bertz CT molecular complexity index is 583. The molecule has 2 rings (SSSR count). The van der Waals surface area contributed by atoms with E-state index >= 15 is 0 Å². The molecule has 1 atom stereocenters. The molecule has 20 heavy (non-hydrogen) atoms. The van der Waals surface area contributed by atoms with Crippen LogP contribution in [0.25, 0.3) is 0 Å². The van der Waals surface area contributed by atoms with Gasteiger partial charge < -0.3 is 4.90 Å². The van der Waals surface area contributed by atoms with Crippen molar-refractivity contribution in [1.82, 2.24) is 0 Å². The Morgan fingerprint density at radius 3 is 2.30 bits per heavy atom. The Balaban J connectivity index is 2.28. The largest absolute Gasteiger partial charge is 0.314 e. The molecule has 0 bridgehead atoms. The van der Waals surface area contributed by atoms with E-state index in [1.54, 1.807) is 4.90 Å². The summed E-state index contributed by atoms with van der Waals surface area (Å²) in [5, 5.41) is 0. The van der Waals surface area contributed by atoms with Crippen LogP contribution in [0.1, 0.15) is 24.8 Å². The van der Waals surface area contributed by atoms with Crippen LogP contribution >= 0.6 is 15.9 Å². The lowest BCUT2D eigenvalue weighted by Gasteiger charge is -2.24. The number of rotatable bonds is 4. The van der Waals surface area contributed by atoms with E-state index in [9.17, 15) is 4.79 Å². The molecule has 2 aromatic rings. The molecule has 0 saturated heterocycles. The number of nitrogens with zero attached hydrogens (tertiary/aromatic N) is 1. The van der Waals surface area contributed by atoms with E-state index < -0.39 is 0 Å². The average Bonchev–Trinajstić information content (AvgIpc) is 2.49. The highest BCUT2D eigenvalue weighted by Gasteiger charge is 2.23. The van der Waals surface area contributed by atoms with Crippen LogP contribution in [0.2, 0.25) is 0 Å². The summed E-state index contributed by atoms with van der Waals surface area (Å²) in [6.07, 6.45) is 0.789. The number of likely N-dealkylation sites (N-methyl/N-ethyl adjacent to an activating group) is 1. The lowest BCUT2D eigenvalue weighted by molar-refractivity contribution is -0.119. The summed E-state index contributed by atoms with van der Waals surface area (Å²) in [5.74, 6) is 0.0129. The van der Waals surface area contributed by atoms with Crippen LogP contribution in [0.3, 0.4) is 0 Å². The molecule has 1 unspecified atom stereocenters. The maximum atomic E-state index is 12.7. The Morgan fingerprint density at radius 2 is 1.70 bits per heavy atom. The third-order valence-corrected chi connectivity index (χ3v) is 4.12. The Kier molecular flexibility index (Phi) is 4.96. The van der Waals surface area contributed by atoms with Crippen LogP contribution in [-0.4, -0.2) is 13.0 Å². The van der Waals surface area contributed by atoms with E-state index in [2.05, 4.69) is 15.9 Å². The van der Waals surface area contributed by atoms with E-state index in [4.69, 9.17) is 0 Å². The topological polar surface area (TPSA) is 20.3 Å². The fraction of sp³-hybridized carbons (Fsp3) is 0.235. The van der Waals surface area contributed by atoms with Gasteiger partial charge in [-0.25, -0.2) is 0 Å². The number of para-hydroxylation sites is 1. The van der Waals surface area contributed by atoms with Gasteiger partial charge in [0.05, 0.1) is 11.6 Å². The van der Waals surface area contributed by atoms with Crippen molar-refractivity contribution in [2.45, 2.75) is 19.3 Å². The lowest BCUT2D eigenvalue weighted by Crippen LogP contribution is -2.31. The molecule has 2 aromatic carbocycles. The molecule has 0 fully saturated rings. The number of amides is 1. The normalized spacial score (nSPS) is 11.9. The minimum Gasteiger partial charge on any atom is -0.314 e. The number of carbonyl (C=O) groups excluding carboxylic acids is 1. The summed E-state index contributed by atoms with van der Waals surface area (Å²) >= 11 is 3.50. The van der Waals surface area contributed by atoms with Crippen molar-refractivity contribution in [1.29, 1.82) is 0 Å². The third-order valence-electron chi connectivity index (χ3n) is 3.45. The standard InChI is InChI=1S/C17H18BrNO/c1-3-14(13-9-5-4-6-10-13)17(20)19(2)16-12-8-7-11-15(16)18/h4-12,14H,3H2,1-2H3. The smallest absolute Gasteiger partial charge is 0.234 e. The molecule has 104 valence electrons. The quantitative estimate of drug-likeness (QED) is 0.801. The average molecular weight is 332 g/mol. The first-order chi connectivity index (χ1) is 9.65. The van der Waals surface area contributed by atoms with Gasteiger partial charge in [0.25, 0.3) is 0 Å². The maximum absolute atomic E-state index is 12.7. The van der Waals surface area contributed by atoms with Gasteiger partial charge in [-0.2, -0.15) is 0 Å². The molecule has 0 aliphatic rings. The van der Waals surface area contributed by atoms with Gasteiger partial charge in [-0.3, -0.25) is 4.79 Å². The van der Waals surface area contributed by atoms with Gasteiger partial charge in [0.2, 0.25) is 5.91 Å². The van der Waals surface area contributed by atoms with Gasteiger partial charge in [0, 0.05) is 11.5 Å². The van der Waals surface area contributed by atoms with Crippen LogP contribution in [0.15, 0.2) is 59.1 Å². The van der Waals surface area contributed by atoms with Crippen molar-refractivity contribution in [3.05, 3.63) is 64.6 Å². The maximum Gasteiger partial charge on any atom is 0.234 e. The van der Waals surface area contributed by atoms with Crippen molar-refractivity contribution in [3.8, 4) is 0 Å². The van der Waals surface area contributed by atoms with Crippen LogP contribution in [-0.2, 0) is 4.79 Å². The Hall–Kier alpha value is -1.61. The molecule has 0 aliphatic heterocycles. The first-order valence-corrected chi connectivity index (χ1v) is 7.51. The van der Waals surface area contributed by atoms with Gasteiger partial charge in [-0.1, -0.05) is 49.4 Å². The first kappa shape index (κ1) is 14.8. The molecular formula is C17H18BrNO. The highest BCUT2D eigenvalue weighted by atomic mass is 79.9. The molecule has 0 N–H and O–H groups in total. The van der Waals surface area contributed by atoms with E-state index in [1.807, 2.05) is 68.6 Å². The number of halogens is 1. The van der Waals surface area contributed by atoms with Gasteiger partial charge in [-0.05, 0) is 40.0 Å². The summed E-state index contributed by atoms with van der Waals surface area (Å²) in [4.78, 5) is 14.5. The van der Waals surface area contributed by atoms with Gasteiger partial charge in [0.1, 0.15) is 0 Å². The monoisotopic (exact) mass is 331 g/mol. The van der Waals surface area contributed by atoms with Crippen LogP contribution in [0.5, 0.6) is 0 Å². The highest BCUT2D eigenvalue weighted by molar-refractivity contribution is 9.10. The summed E-state index contributed by atoms with van der Waals surface area (Å²) in [6, 6.07) is 17.7. The van der Waals surface area contributed by atoms with Gasteiger partial charge >= 0.3 is 0 Å². The third kappa shape index (κ3) is 3.10. The van der Waals surface area contributed by atoms with Gasteiger partial charge in [0.15, 0.2) is 0 Å². The first-order valence-electron chi connectivity index (χ1n) is 6.72. The molecule has 0 aromatic heterocycles. The van der Waals surface area contributed by atoms with Crippen molar-refractivity contribution in [2.75, 3.05) is 11.9 Å². The zero-order chi connectivity index (χ0) is 14.5. The molecule has 3 heteroatoms. The number of carbonyl (C=O) groups is 1. The van der Waals surface area contributed by atoms with Crippen molar-refractivity contribution in [3.63, 3.8) is 0 Å². The van der Waals surface area contributed by atoms with E-state index in [0.717, 1.165) is 22.1 Å². The minimum absolute atomic E-state index is 0.103. The van der Waals surface area contributed by atoms with Crippen molar-refractivity contribution < 1.29 is 4.79 Å². The van der Waals surface area contributed by atoms with Crippen molar-refractivity contribution >= 4 is 27.5 Å².